The van der Waals surface area contributed by atoms with Gasteiger partial charge in [0, 0.05) is 0 Å². The van der Waals surface area contributed by atoms with E-state index in [1.807, 2.05) is 19.2 Å². The van der Waals surface area contributed by atoms with E-state index < -0.39 is 0 Å². The second-order valence-electron chi connectivity index (χ2n) is 5.61. The molecule has 1 unspecified atom stereocenters. The number of benzene rings is 2. The van der Waals surface area contributed by atoms with E-state index in [0.29, 0.717) is 5.92 Å². The molecule has 0 fully saturated rings. The highest BCUT2D eigenvalue weighted by molar-refractivity contribution is 5.33. The molecule has 0 radical (unpaired) electrons. The molecular formula is C18H22FN. The number of nitrogens with one attached hydrogen (secondary N) is 1. The lowest BCUT2D eigenvalue weighted by atomic mass is 9.96. The van der Waals surface area contributed by atoms with Crippen molar-refractivity contribution < 1.29 is 4.39 Å². The Morgan fingerprint density at radius 1 is 0.900 bits per heavy atom. The van der Waals surface area contributed by atoms with Crippen LogP contribution in [0.2, 0.25) is 0 Å². The first-order chi connectivity index (χ1) is 9.60. The van der Waals surface area contributed by atoms with Crippen LogP contribution >= 0.6 is 0 Å². The summed E-state index contributed by atoms with van der Waals surface area (Å²) in [5.74, 6) is 0.467. The standard InChI is InChI=1S/C18H22FN/c1-13(2)12-14-4-6-15(7-5-14)18(20-3)16-8-10-17(19)11-9-16/h4-11,13,18,20H,12H2,1-3H3. The van der Waals surface area contributed by atoms with E-state index in [0.717, 1.165) is 12.0 Å². The summed E-state index contributed by atoms with van der Waals surface area (Å²) in [6.45, 7) is 4.45. The Kier molecular flexibility index (Phi) is 4.91. The van der Waals surface area contributed by atoms with E-state index in [-0.39, 0.29) is 11.9 Å². The fraction of sp³-hybridized carbons (Fsp3) is 0.333. The molecule has 0 spiro atoms. The Hall–Kier alpha value is -1.67. The van der Waals surface area contributed by atoms with Gasteiger partial charge in [-0.15, -0.1) is 0 Å². The highest BCUT2D eigenvalue weighted by atomic mass is 19.1. The Morgan fingerprint density at radius 2 is 1.40 bits per heavy atom. The maximum Gasteiger partial charge on any atom is 0.123 e. The summed E-state index contributed by atoms with van der Waals surface area (Å²) in [5, 5.41) is 3.29. The molecule has 2 aromatic carbocycles. The van der Waals surface area contributed by atoms with Gasteiger partial charge in [-0.25, -0.2) is 4.39 Å². The van der Waals surface area contributed by atoms with Crippen LogP contribution < -0.4 is 5.32 Å². The van der Waals surface area contributed by atoms with Gasteiger partial charge in [0.05, 0.1) is 6.04 Å². The van der Waals surface area contributed by atoms with E-state index in [2.05, 4.69) is 43.4 Å². The minimum Gasteiger partial charge on any atom is -0.309 e. The molecule has 0 aliphatic carbocycles. The summed E-state index contributed by atoms with van der Waals surface area (Å²) in [5.41, 5.74) is 3.63. The van der Waals surface area contributed by atoms with Crippen molar-refractivity contribution in [1.29, 1.82) is 0 Å². The normalized spacial score (nSPS) is 12.7. The van der Waals surface area contributed by atoms with Crippen LogP contribution in [0, 0.1) is 11.7 Å². The highest BCUT2D eigenvalue weighted by Gasteiger charge is 2.11. The van der Waals surface area contributed by atoms with Gasteiger partial charge in [0.1, 0.15) is 5.82 Å². The average Bonchev–Trinajstić information content (AvgIpc) is 2.43. The van der Waals surface area contributed by atoms with Crippen molar-refractivity contribution in [3.8, 4) is 0 Å². The van der Waals surface area contributed by atoms with Gasteiger partial charge in [0.25, 0.3) is 0 Å². The molecule has 2 rings (SSSR count). The topological polar surface area (TPSA) is 12.0 Å². The van der Waals surface area contributed by atoms with E-state index in [9.17, 15) is 4.39 Å². The van der Waals surface area contributed by atoms with Gasteiger partial charge in [0.15, 0.2) is 0 Å². The van der Waals surface area contributed by atoms with Gasteiger partial charge in [-0.05, 0) is 48.2 Å². The van der Waals surface area contributed by atoms with Gasteiger partial charge in [-0.1, -0.05) is 50.2 Å². The molecule has 0 aliphatic heterocycles. The van der Waals surface area contributed by atoms with E-state index in [4.69, 9.17) is 0 Å². The minimum atomic E-state index is -0.198. The fourth-order valence-electron chi connectivity index (χ4n) is 2.50. The zero-order chi connectivity index (χ0) is 14.5. The highest BCUT2D eigenvalue weighted by Crippen LogP contribution is 2.23. The van der Waals surface area contributed by atoms with E-state index in [1.165, 1.54) is 23.3 Å². The van der Waals surface area contributed by atoms with Crippen LogP contribution in [0.4, 0.5) is 4.39 Å². The van der Waals surface area contributed by atoms with Crippen LogP contribution in [0.5, 0.6) is 0 Å². The minimum absolute atomic E-state index is 0.101. The van der Waals surface area contributed by atoms with Crippen molar-refractivity contribution >= 4 is 0 Å². The van der Waals surface area contributed by atoms with Crippen LogP contribution in [0.1, 0.15) is 36.6 Å². The molecular weight excluding hydrogens is 249 g/mol. The van der Waals surface area contributed by atoms with Gasteiger partial charge < -0.3 is 5.32 Å². The summed E-state index contributed by atoms with van der Waals surface area (Å²) in [6, 6.07) is 15.5. The third kappa shape index (κ3) is 3.67. The van der Waals surface area contributed by atoms with Crippen molar-refractivity contribution in [2.24, 2.45) is 5.92 Å². The van der Waals surface area contributed by atoms with Crippen molar-refractivity contribution in [3.63, 3.8) is 0 Å². The van der Waals surface area contributed by atoms with Crippen LogP contribution in [-0.4, -0.2) is 7.05 Å². The molecule has 1 nitrogen and oxygen atoms in total. The Labute approximate surface area is 120 Å². The molecule has 20 heavy (non-hydrogen) atoms. The summed E-state index contributed by atoms with van der Waals surface area (Å²) in [4.78, 5) is 0. The molecule has 0 amide bonds. The summed E-state index contributed by atoms with van der Waals surface area (Å²) in [6.07, 6.45) is 1.10. The van der Waals surface area contributed by atoms with Crippen LogP contribution in [-0.2, 0) is 6.42 Å². The van der Waals surface area contributed by atoms with Crippen LogP contribution in [0.3, 0.4) is 0 Å². The first-order valence-corrected chi connectivity index (χ1v) is 7.11. The average molecular weight is 271 g/mol. The van der Waals surface area contributed by atoms with Gasteiger partial charge >= 0.3 is 0 Å². The first kappa shape index (κ1) is 14.7. The molecule has 1 N–H and O–H groups in total. The number of hydrogen-bond acceptors (Lipinski definition) is 1. The van der Waals surface area contributed by atoms with Crippen LogP contribution in [0.15, 0.2) is 48.5 Å². The maximum atomic E-state index is 13.0. The predicted molar refractivity (Wildman–Crippen MR) is 82.3 cm³/mol. The largest absolute Gasteiger partial charge is 0.309 e. The zero-order valence-corrected chi connectivity index (χ0v) is 12.4. The zero-order valence-electron chi connectivity index (χ0n) is 12.4. The summed E-state index contributed by atoms with van der Waals surface area (Å²) < 4.78 is 13.0. The van der Waals surface area contributed by atoms with Gasteiger partial charge in [-0.3, -0.25) is 0 Å². The fourth-order valence-corrected chi connectivity index (χ4v) is 2.50. The maximum absolute atomic E-state index is 13.0. The lowest BCUT2D eigenvalue weighted by Gasteiger charge is -2.18. The number of halogens is 1. The summed E-state index contributed by atoms with van der Waals surface area (Å²) in [7, 11) is 1.93. The molecule has 1 atom stereocenters. The Balaban J connectivity index is 2.21. The molecule has 0 saturated heterocycles. The quantitative estimate of drug-likeness (QED) is 0.853. The van der Waals surface area contributed by atoms with Crippen molar-refractivity contribution in [1.82, 2.24) is 5.32 Å². The third-order valence-electron chi connectivity index (χ3n) is 3.45. The van der Waals surface area contributed by atoms with E-state index >= 15 is 0 Å². The first-order valence-electron chi connectivity index (χ1n) is 7.11. The molecule has 0 heterocycles. The second-order valence-corrected chi connectivity index (χ2v) is 5.61. The lowest BCUT2D eigenvalue weighted by molar-refractivity contribution is 0.623. The molecule has 0 saturated carbocycles. The molecule has 0 bridgehead atoms. The Bertz CT molecular complexity index is 528. The van der Waals surface area contributed by atoms with E-state index in [1.54, 1.807) is 0 Å². The number of rotatable bonds is 5. The Morgan fingerprint density at radius 3 is 1.85 bits per heavy atom. The molecule has 106 valence electrons. The van der Waals surface area contributed by atoms with Crippen molar-refractivity contribution in [3.05, 3.63) is 71.0 Å². The van der Waals surface area contributed by atoms with Crippen molar-refractivity contribution in [2.75, 3.05) is 7.05 Å². The van der Waals surface area contributed by atoms with Crippen molar-refractivity contribution in [2.45, 2.75) is 26.3 Å². The number of hydrogen-bond donors (Lipinski definition) is 1. The molecule has 2 heteroatoms. The van der Waals surface area contributed by atoms with Crippen LogP contribution in [0.25, 0.3) is 0 Å². The van der Waals surface area contributed by atoms with Gasteiger partial charge in [0.2, 0.25) is 0 Å². The smallest absolute Gasteiger partial charge is 0.123 e. The molecule has 0 aliphatic rings. The monoisotopic (exact) mass is 271 g/mol. The second kappa shape index (κ2) is 6.67. The third-order valence-corrected chi connectivity index (χ3v) is 3.45. The molecule has 0 aromatic heterocycles. The summed E-state index contributed by atoms with van der Waals surface area (Å²) >= 11 is 0. The predicted octanol–water partition coefficient (Wildman–Crippen LogP) is 4.33. The van der Waals surface area contributed by atoms with Gasteiger partial charge in [-0.2, -0.15) is 0 Å². The lowest BCUT2D eigenvalue weighted by Crippen LogP contribution is -2.17. The SMILES string of the molecule is CNC(c1ccc(F)cc1)c1ccc(CC(C)C)cc1. The molecule has 2 aromatic rings.